The second kappa shape index (κ2) is 6.71. The third kappa shape index (κ3) is 3.71. The van der Waals surface area contributed by atoms with Crippen LogP contribution in [0.15, 0.2) is 23.1 Å². The van der Waals surface area contributed by atoms with Gasteiger partial charge < -0.3 is 10.5 Å². The van der Waals surface area contributed by atoms with Crippen molar-refractivity contribution in [2.24, 2.45) is 0 Å². The first kappa shape index (κ1) is 16.5. The molecule has 0 amide bonds. The number of esters is 1. The van der Waals surface area contributed by atoms with Crippen LogP contribution in [0.1, 0.15) is 18.4 Å². The zero-order chi connectivity index (χ0) is 15.3. The van der Waals surface area contributed by atoms with E-state index in [4.69, 9.17) is 5.73 Å². The van der Waals surface area contributed by atoms with E-state index in [9.17, 15) is 13.2 Å². The molecule has 1 aromatic rings. The summed E-state index contributed by atoms with van der Waals surface area (Å²) >= 11 is 0. The number of nitrogens with zero attached hydrogens (tertiary/aromatic N) is 1. The Labute approximate surface area is 119 Å². The van der Waals surface area contributed by atoms with Gasteiger partial charge in [-0.1, -0.05) is 6.07 Å². The highest BCUT2D eigenvalue weighted by atomic mass is 32.2. The summed E-state index contributed by atoms with van der Waals surface area (Å²) in [7, 11) is -0.810. The number of carbonyl (C=O) groups excluding carboxylic acids is 1. The van der Waals surface area contributed by atoms with E-state index in [0.717, 1.165) is 0 Å². The summed E-state index contributed by atoms with van der Waals surface area (Å²) in [6.45, 7) is 1.91. The van der Waals surface area contributed by atoms with Gasteiger partial charge in [-0.2, -0.15) is 0 Å². The number of benzene rings is 1. The molecule has 0 bridgehead atoms. The van der Waals surface area contributed by atoms with E-state index in [1.54, 1.807) is 19.1 Å². The van der Waals surface area contributed by atoms with Gasteiger partial charge in [0.2, 0.25) is 10.0 Å². The van der Waals surface area contributed by atoms with E-state index in [2.05, 4.69) is 4.74 Å². The topological polar surface area (TPSA) is 89.7 Å². The van der Waals surface area contributed by atoms with Gasteiger partial charge in [-0.05, 0) is 31.0 Å². The van der Waals surface area contributed by atoms with Crippen molar-refractivity contribution in [3.63, 3.8) is 0 Å². The number of sulfonamides is 1. The van der Waals surface area contributed by atoms with Crippen molar-refractivity contribution in [3.8, 4) is 0 Å². The van der Waals surface area contributed by atoms with Crippen LogP contribution >= 0.6 is 0 Å². The molecule has 0 fully saturated rings. The molecule has 0 radical (unpaired) electrons. The zero-order valence-electron chi connectivity index (χ0n) is 11.9. The lowest BCUT2D eigenvalue weighted by atomic mass is 10.2. The summed E-state index contributed by atoms with van der Waals surface area (Å²) in [5, 5.41) is 0. The van der Waals surface area contributed by atoms with Gasteiger partial charge in [0.1, 0.15) is 0 Å². The number of hydrogen-bond donors (Lipinski definition) is 1. The van der Waals surface area contributed by atoms with Gasteiger partial charge in [0.15, 0.2) is 0 Å². The highest BCUT2D eigenvalue weighted by molar-refractivity contribution is 7.89. The molecule has 0 atom stereocenters. The standard InChI is InChI=1S/C13H20N2O4S/c1-10-11(14)6-4-7-12(10)20(17,18)15(2)9-5-8-13(16)19-3/h4,6-7H,5,8-9,14H2,1-3H3. The molecule has 0 aliphatic heterocycles. The molecule has 0 spiro atoms. The Morgan fingerprint density at radius 3 is 2.65 bits per heavy atom. The van der Waals surface area contributed by atoms with Crippen molar-refractivity contribution in [2.45, 2.75) is 24.7 Å². The summed E-state index contributed by atoms with van der Waals surface area (Å²) < 4.78 is 30.5. The Morgan fingerprint density at radius 2 is 2.05 bits per heavy atom. The second-order valence-electron chi connectivity index (χ2n) is 4.48. The molecule has 0 saturated heterocycles. The van der Waals surface area contributed by atoms with E-state index >= 15 is 0 Å². The van der Waals surface area contributed by atoms with Crippen molar-refractivity contribution in [1.82, 2.24) is 4.31 Å². The van der Waals surface area contributed by atoms with Gasteiger partial charge in [-0.15, -0.1) is 0 Å². The minimum Gasteiger partial charge on any atom is -0.469 e. The minimum atomic E-state index is -3.60. The van der Waals surface area contributed by atoms with Crippen LogP contribution in [-0.2, 0) is 19.6 Å². The number of carbonyl (C=O) groups is 1. The average molecular weight is 300 g/mol. The SMILES string of the molecule is COC(=O)CCCN(C)S(=O)(=O)c1cccc(N)c1C. The third-order valence-electron chi connectivity index (χ3n) is 3.10. The molecular formula is C13H20N2O4S. The Morgan fingerprint density at radius 1 is 1.40 bits per heavy atom. The largest absolute Gasteiger partial charge is 0.469 e. The highest BCUT2D eigenvalue weighted by Gasteiger charge is 2.23. The first-order valence-electron chi connectivity index (χ1n) is 6.19. The van der Waals surface area contributed by atoms with Crippen molar-refractivity contribution < 1.29 is 17.9 Å². The van der Waals surface area contributed by atoms with Gasteiger partial charge in [0.05, 0.1) is 12.0 Å². The number of ether oxygens (including phenoxy) is 1. The molecule has 0 aliphatic carbocycles. The van der Waals surface area contributed by atoms with E-state index in [-0.39, 0.29) is 23.8 Å². The summed E-state index contributed by atoms with van der Waals surface area (Å²) in [5.74, 6) is -0.351. The number of methoxy groups -OCH3 is 1. The molecule has 1 rings (SSSR count). The van der Waals surface area contributed by atoms with Crippen molar-refractivity contribution in [3.05, 3.63) is 23.8 Å². The van der Waals surface area contributed by atoms with Crippen LogP contribution in [0.5, 0.6) is 0 Å². The Balaban J connectivity index is 2.83. The normalized spacial score (nSPS) is 11.6. The fourth-order valence-electron chi connectivity index (χ4n) is 1.75. The van der Waals surface area contributed by atoms with Crippen LogP contribution in [0.4, 0.5) is 5.69 Å². The van der Waals surface area contributed by atoms with Crippen LogP contribution in [0.2, 0.25) is 0 Å². The van der Waals surface area contributed by atoms with Crippen molar-refractivity contribution in [1.29, 1.82) is 0 Å². The van der Waals surface area contributed by atoms with Gasteiger partial charge in [-0.3, -0.25) is 4.79 Å². The number of rotatable bonds is 6. The summed E-state index contributed by atoms with van der Waals surface area (Å²) in [4.78, 5) is 11.2. The molecule has 112 valence electrons. The summed E-state index contributed by atoms with van der Waals surface area (Å²) in [6, 6.07) is 4.79. The predicted molar refractivity (Wildman–Crippen MR) is 76.7 cm³/mol. The van der Waals surface area contributed by atoms with Gasteiger partial charge in [-0.25, -0.2) is 12.7 Å². The third-order valence-corrected chi connectivity index (χ3v) is 5.10. The molecule has 2 N–H and O–H groups in total. The molecule has 0 heterocycles. The van der Waals surface area contributed by atoms with Crippen LogP contribution in [0, 0.1) is 6.92 Å². The first-order valence-corrected chi connectivity index (χ1v) is 7.63. The van der Waals surface area contributed by atoms with Gasteiger partial charge in [0.25, 0.3) is 0 Å². The molecule has 20 heavy (non-hydrogen) atoms. The fourth-order valence-corrected chi connectivity index (χ4v) is 3.21. The zero-order valence-corrected chi connectivity index (χ0v) is 12.7. The summed E-state index contributed by atoms with van der Waals surface area (Å²) in [5.41, 5.74) is 6.70. The van der Waals surface area contributed by atoms with Crippen LogP contribution in [0.25, 0.3) is 0 Å². The molecule has 7 heteroatoms. The highest BCUT2D eigenvalue weighted by Crippen LogP contribution is 2.23. The molecule has 0 aromatic heterocycles. The molecule has 6 nitrogen and oxygen atoms in total. The number of hydrogen-bond acceptors (Lipinski definition) is 5. The number of nitrogens with two attached hydrogens (primary N) is 1. The number of nitrogen functional groups attached to an aromatic ring is 1. The molecule has 0 unspecified atom stereocenters. The maximum Gasteiger partial charge on any atom is 0.305 e. The van der Waals surface area contributed by atoms with Gasteiger partial charge in [0, 0.05) is 25.7 Å². The van der Waals surface area contributed by atoms with E-state index < -0.39 is 10.0 Å². The van der Waals surface area contributed by atoms with Crippen LogP contribution in [0.3, 0.4) is 0 Å². The maximum atomic E-state index is 12.4. The smallest absolute Gasteiger partial charge is 0.305 e. The first-order chi connectivity index (χ1) is 9.30. The lowest BCUT2D eigenvalue weighted by Crippen LogP contribution is -2.29. The average Bonchev–Trinajstić information content (AvgIpc) is 2.41. The molecule has 0 aliphatic rings. The van der Waals surface area contributed by atoms with Gasteiger partial charge >= 0.3 is 5.97 Å². The van der Waals surface area contributed by atoms with E-state index in [1.165, 1.54) is 24.5 Å². The van der Waals surface area contributed by atoms with Crippen LogP contribution < -0.4 is 5.73 Å². The predicted octanol–water partition coefficient (Wildman–Crippen LogP) is 1.15. The van der Waals surface area contributed by atoms with E-state index in [0.29, 0.717) is 17.7 Å². The minimum absolute atomic E-state index is 0.187. The molecular weight excluding hydrogens is 280 g/mol. The lowest BCUT2D eigenvalue weighted by Gasteiger charge is -2.18. The quantitative estimate of drug-likeness (QED) is 0.629. The Kier molecular flexibility index (Phi) is 5.52. The van der Waals surface area contributed by atoms with Crippen molar-refractivity contribution >= 4 is 21.7 Å². The maximum absolute atomic E-state index is 12.4. The second-order valence-corrected chi connectivity index (χ2v) is 6.49. The van der Waals surface area contributed by atoms with Crippen molar-refractivity contribution in [2.75, 3.05) is 26.4 Å². The monoisotopic (exact) mass is 300 g/mol. The molecule has 0 saturated carbocycles. The Bertz CT molecular complexity index is 584. The fraction of sp³-hybridized carbons (Fsp3) is 0.462. The Hall–Kier alpha value is -1.60. The van der Waals surface area contributed by atoms with Crippen LogP contribution in [-0.4, -0.2) is 39.4 Å². The number of anilines is 1. The molecule has 1 aromatic carbocycles. The lowest BCUT2D eigenvalue weighted by molar-refractivity contribution is -0.140. The van der Waals surface area contributed by atoms with E-state index in [1.807, 2.05) is 0 Å². The summed E-state index contributed by atoms with van der Waals surface area (Å²) in [6.07, 6.45) is 0.593.